The van der Waals surface area contributed by atoms with E-state index in [1.165, 1.54) is 23.3 Å². The van der Waals surface area contributed by atoms with E-state index < -0.39 is 0 Å². The van der Waals surface area contributed by atoms with Crippen LogP contribution in [0.15, 0.2) is 36.4 Å². The quantitative estimate of drug-likeness (QED) is 0.480. The van der Waals surface area contributed by atoms with Gasteiger partial charge in [0.2, 0.25) is 5.91 Å². The lowest BCUT2D eigenvalue weighted by molar-refractivity contribution is -0.151. The van der Waals surface area contributed by atoms with Crippen molar-refractivity contribution in [1.29, 1.82) is 0 Å². The molecule has 180 valence electrons. The van der Waals surface area contributed by atoms with Gasteiger partial charge in [-0.15, -0.1) is 0 Å². The SMILES string of the molecule is CCOC(=O)[C@@H]1CCCN(C(=O)CCn2c(Cc3ccc(F)cc3)nc3cc(C)c(C)cc32)C1. The van der Waals surface area contributed by atoms with E-state index in [-0.39, 0.29) is 23.6 Å². The van der Waals surface area contributed by atoms with Crippen LogP contribution >= 0.6 is 0 Å². The minimum absolute atomic E-state index is 0.0346. The van der Waals surface area contributed by atoms with Crippen molar-refractivity contribution in [2.75, 3.05) is 19.7 Å². The van der Waals surface area contributed by atoms with Crippen LogP contribution in [-0.4, -0.2) is 46.0 Å². The number of amides is 1. The van der Waals surface area contributed by atoms with E-state index in [1.54, 1.807) is 24.0 Å². The molecule has 1 fully saturated rings. The number of esters is 1. The van der Waals surface area contributed by atoms with E-state index in [9.17, 15) is 14.0 Å². The first kappa shape index (κ1) is 23.9. The van der Waals surface area contributed by atoms with Crippen molar-refractivity contribution < 1.29 is 18.7 Å². The third-order valence-corrected chi connectivity index (χ3v) is 6.66. The second-order valence-corrected chi connectivity index (χ2v) is 9.09. The number of nitrogens with zero attached hydrogens (tertiary/aromatic N) is 3. The second kappa shape index (κ2) is 10.4. The molecular formula is C27H32FN3O3. The Balaban J connectivity index is 1.54. The smallest absolute Gasteiger partial charge is 0.310 e. The summed E-state index contributed by atoms with van der Waals surface area (Å²) < 4.78 is 20.6. The number of aromatic nitrogens is 2. The average molecular weight is 466 g/mol. The maximum Gasteiger partial charge on any atom is 0.310 e. The first-order valence-electron chi connectivity index (χ1n) is 12.0. The summed E-state index contributed by atoms with van der Waals surface area (Å²) in [6.07, 6.45) is 2.44. The van der Waals surface area contributed by atoms with Gasteiger partial charge in [-0.25, -0.2) is 9.37 Å². The van der Waals surface area contributed by atoms with E-state index >= 15 is 0 Å². The number of rotatable bonds is 7. The second-order valence-electron chi connectivity index (χ2n) is 9.09. The van der Waals surface area contributed by atoms with Crippen LogP contribution in [0.2, 0.25) is 0 Å². The largest absolute Gasteiger partial charge is 0.466 e. The molecule has 0 unspecified atom stereocenters. The fraction of sp³-hybridized carbons (Fsp3) is 0.444. The first-order chi connectivity index (χ1) is 16.4. The normalized spacial score (nSPS) is 16.1. The third kappa shape index (κ3) is 5.29. The van der Waals surface area contributed by atoms with Gasteiger partial charge >= 0.3 is 5.97 Å². The molecule has 0 aliphatic carbocycles. The highest BCUT2D eigenvalue weighted by molar-refractivity contribution is 5.80. The molecule has 2 heterocycles. The van der Waals surface area contributed by atoms with E-state index in [0.717, 1.165) is 35.3 Å². The summed E-state index contributed by atoms with van der Waals surface area (Å²) in [5.41, 5.74) is 5.19. The third-order valence-electron chi connectivity index (χ3n) is 6.66. The molecule has 4 rings (SSSR count). The number of halogens is 1. The number of hydrogen-bond acceptors (Lipinski definition) is 4. The number of carbonyl (C=O) groups excluding carboxylic acids is 2. The van der Waals surface area contributed by atoms with Gasteiger partial charge in [0.05, 0.1) is 23.6 Å². The Hall–Kier alpha value is -3.22. The molecule has 1 saturated heterocycles. The summed E-state index contributed by atoms with van der Waals surface area (Å²) in [6, 6.07) is 10.6. The predicted octanol–water partition coefficient (Wildman–Crippen LogP) is 4.57. The number of piperidine rings is 1. The number of hydrogen-bond donors (Lipinski definition) is 0. The molecule has 34 heavy (non-hydrogen) atoms. The molecule has 6 nitrogen and oxygen atoms in total. The van der Waals surface area contributed by atoms with Gasteiger partial charge in [0.15, 0.2) is 0 Å². The van der Waals surface area contributed by atoms with Gasteiger partial charge in [-0.2, -0.15) is 0 Å². The summed E-state index contributed by atoms with van der Waals surface area (Å²) in [7, 11) is 0. The highest BCUT2D eigenvalue weighted by Crippen LogP contribution is 2.24. The highest BCUT2D eigenvalue weighted by atomic mass is 19.1. The molecule has 1 aliphatic rings. The molecule has 1 aromatic heterocycles. The van der Waals surface area contributed by atoms with Crippen molar-refractivity contribution >= 4 is 22.9 Å². The molecule has 1 atom stereocenters. The van der Waals surface area contributed by atoms with E-state index in [2.05, 4.69) is 30.5 Å². The number of fused-ring (bicyclic) bond motifs is 1. The Morgan fingerprint density at radius 3 is 2.62 bits per heavy atom. The monoisotopic (exact) mass is 465 g/mol. The summed E-state index contributed by atoms with van der Waals surface area (Å²) in [5.74, 6) is 0.158. The molecule has 0 spiro atoms. The molecule has 2 aromatic carbocycles. The molecule has 0 saturated carbocycles. The minimum Gasteiger partial charge on any atom is -0.466 e. The zero-order valence-electron chi connectivity index (χ0n) is 20.1. The fourth-order valence-electron chi connectivity index (χ4n) is 4.62. The molecule has 1 aliphatic heterocycles. The molecule has 1 amide bonds. The van der Waals surface area contributed by atoms with Crippen LogP contribution in [0.4, 0.5) is 4.39 Å². The van der Waals surface area contributed by atoms with Gasteiger partial charge in [-0.05, 0) is 74.6 Å². The summed E-state index contributed by atoms with van der Waals surface area (Å²) in [5, 5.41) is 0. The minimum atomic E-state index is -0.267. The Kier molecular flexibility index (Phi) is 7.29. The van der Waals surface area contributed by atoms with E-state index in [1.807, 2.05) is 0 Å². The van der Waals surface area contributed by atoms with Crippen LogP contribution in [0.3, 0.4) is 0 Å². The number of carbonyl (C=O) groups is 2. The maximum atomic E-state index is 13.4. The van der Waals surface area contributed by atoms with Gasteiger partial charge in [0.1, 0.15) is 11.6 Å². The highest BCUT2D eigenvalue weighted by Gasteiger charge is 2.29. The molecule has 0 N–H and O–H groups in total. The van der Waals surface area contributed by atoms with Crippen molar-refractivity contribution in [1.82, 2.24) is 14.5 Å². The number of ether oxygens (including phenoxy) is 1. The zero-order valence-corrected chi connectivity index (χ0v) is 20.1. The standard InChI is InChI=1S/C27H32FN3O3/c1-4-34-27(33)21-6-5-12-30(17-21)26(32)11-13-31-24-15-19(3)18(2)14-23(24)29-25(31)16-20-7-9-22(28)10-8-20/h7-10,14-15,21H,4-6,11-13,16-17H2,1-3H3/t21-/m1/s1. The number of benzene rings is 2. The summed E-state index contributed by atoms with van der Waals surface area (Å²) >= 11 is 0. The molecule has 0 bridgehead atoms. The van der Waals surface area contributed by atoms with Gasteiger partial charge in [-0.3, -0.25) is 9.59 Å². The summed E-state index contributed by atoms with van der Waals surface area (Å²) in [6.45, 7) is 7.87. The van der Waals surface area contributed by atoms with Crippen LogP contribution < -0.4 is 0 Å². The van der Waals surface area contributed by atoms with E-state index in [0.29, 0.717) is 39.1 Å². The van der Waals surface area contributed by atoms with Crippen molar-refractivity contribution in [3.63, 3.8) is 0 Å². The van der Waals surface area contributed by atoms with Crippen LogP contribution in [0.25, 0.3) is 11.0 Å². The van der Waals surface area contributed by atoms with Crippen molar-refractivity contribution in [2.45, 2.75) is 53.0 Å². The van der Waals surface area contributed by atoms with Gasteiger partial charge in [0, 0.05) is 32.5 Å². The number of aryl methyl sites for hydroxylation is 3. The van der Waals surface area contributed by atoms with Crippen molar-refractivity contribution in [3.8, 4) is 0 Å². The maximum absolute atomic E-state index is 13.4. The van der Waals surface area contributed by atoms with E-state index in [4.69, 9.17) is 9.72 Å². The van der Waals surface area contributed by atoms with Crippen LogP contribution in [0.1, 0.15) is 48.7 Å². The van der Waals surface area contributed by atoms with Crippen LogP contribution in [0, 0.1) is 25.6 Å². The lowest BCUT2D eigenvalue weighted by atomic mass is 9.98. The molecule has 0 radical (unpaired) electrons. The fourth-order valence-corrected chi connectivity index (χ4v) is 4.62. The molecular weight excluding hydrogens is 433 g/mol. The van der Waals surface area contributed by atoms with Crippen molar-refractivity contribution in [2.24, 2.45) is 5.92 Å². The topological polar surface area (TPSA) is 64.4 Å². The predicted molar refractivity (Wildman–Crippen MR) is 129 cm³/mol. The molecule has 7 heteroatoms. The lowest BCUT2D eigenvalue weighted by Gasteiger charge is -2.31. The lowest BCUT2D eigenvalue weighted by Crippen LogP contribution is -2.43. The number of likely N-dealkylation sites (tertiary alicyclic amines) is 1. The zero-order chi connectivity index (χ0) is 24.2. The Morgan fingerprint density at radius 1 is 1.15 bits per heavy atom. The van der Waals surface area contributed by atoms with Crippen LogP contribution in [-0.2, 0) is 27.3 Å². The number of imidazole rings is 1. The molecule has 3 aromatic rings. The average Bonchev–Trinajstić information content (AvgIpc) is 3.15. The Labute approximate surface area is 199 Å². The van der Waals surface area contributed by atoms with Crippen LogP contribution in [0.5, 0.6) is 0 Å². The summed E-state index contributed by atoms with van der Waals surface area (Å²) in [4.78, 5) is 31.9. The van der Waals surface area contributed by atoms with Gasteiger partial charge in [0.25, 0.3) is 0 Å². The van der Waals surface area contributed by atoms with Gasteiger partial charge in [-0.1, -0.05) is 12.1 Å². The van der Waals surface area contributed by atoms with Gasteiger partial charge < -0.3 is 14.2 Å². The Morgan fingerprint density at radius 2 is 1.88 bits per heavy atom. The van der Waals surface area contributed by atoms with Crippen molar-refractivity contribution in [3.05, 3.63) is 64.7 Å². The first-order valence-corrected chi connectivity index (χ1v) is 12.0. The Bertz CT molecular complexity index is 1190.